The first kappa shape index (κ1) is 17.4. The Morgan fingerprint density at radius 2 is 2.08 bits per heavy atom. The summed E-state index contributed by atoms with van der Waals surface area (Å²) in [5.41, 5.74) is 4.05. The number of nitrogens with zero attached hydrogens (tertiary/aromatic N) is 2. The summed E-state index contributed by atoms with van der Waals surface area (Å²) in [7, 11) is 3.96. The van der Waals surface area contributed by atoms with Crippen LogP contribution in [0.2, 0.25) is 0 Å². The molecule has 0 aliphatic carbocycles. The monoisotopic (exact) mass is 329 g/mol. The highest BCUT2D eigenvalue weighted by atomic mass is 16.5. The quantitative estimate of drug-likeness (QED) is 0.815. The molecule has 132 valence electrons. The average Bonchev–Trinajstić information content (AvgIpc) is 2.61. The minimum absolute atomic E-state index is 0.214. The lowest BCUT2D eigenvalue weighted by molar-refractivity contribution is 0.251. The van der Waals surface area contributed by atoms with Gasteiger partial charge in [-0.2, -0.15) is 0 Å². The molecule has 1 aromatic rings. The summed E-state index contributed by atoms with van der Waals surface area (Å²) in [6.07, 6.45) is 6.03. The van der Waals surface area contributed by atoms with Crippen molar-refractivity contribution in [2.24, 2.45) is 10.9 Å². The molecular formula is C20H31N3O. The Morgan fingerprint density at radius 3 is 2.79 bits per heavy atom. The lowest BCUT2D eigenvalue weighted by Crippen LogP contribution is -2.39. The highest BCUT2D eigenvalue weighted by molar-refractivity contribution is 6.04. The summed E-state index contributed by atoms with van der Waals surface area (Å²) >= 11 is 0. The van der Waals surface area contributed by atoms with Crippen molar-refractivity contribution in [2.75, 3.05) is 33.8 Å². The van der Waals surface area contributed by atoms with E-state index in [1.807, 2.05) is 0 Å². The Kier molecular flexibility index (Phi) is 5.90. The molecule has 1 aromatic carbocycles. The maximum absolute atomic E-state index is 5.44. The Bertz CT molecular complexity index is 576. The third kappa shape index (κ3) is 3.98. The van der Waals surface area contributed by atoms with Crippen LogP contribution in [-0.4, -0.2) is 50.6 Å². The number of unbranched alkanes of at least 4 members (excludes halogenated alkanes) is 1. The molecule has 4 heteroatoms. The number of fused-ring (bicyclic) bond motifs is 1. The lowest BCUT2D eigenvalue weighted by atomic mass is 9.84. The van der Waals surface area contributed by atoms with Gasteiger partial charge in [0.05, 0.1) is 7.11 Å². The van der Waals surface area contributed by atoms with Crippen molar-refractivity contribution in [3.63, 3.8) is 0 Å². The smallest absolute Gasteiger partial charge is 0.119 e. The van der Waals surface area contributed by atoms with Crippen LogP contribution < -0.4 is 10.1 Å². The average molecular weight is 329 g/mol. The molecule has 1 N–H and O–H groups in total. The Balaban J connectivity index is 1.84. The van der Waals surface area contributed by atoms with Gasteiger partial charge < -0.3 is 9.64 Å². The molecule has 2 aliphatic heterocycles. The van der Waals surface area contributed by atoms with Gasteiger partial charge >= 0.3 is 0 Å². The molecule has 4 nitrogen and oxygen atoms in total. The van der Waals surface area contributed by atoms with Gasteiger partial charge in [0.25, 0.3) is 0 Å². The number of nitrogens with one attached hydrogen (secondary N) is 1. The Hall–Kier alpha value is -1.39. The van der Waals surface area contributed by atoms with Gasteiger partial charge in [-0.1, -0.05) is 13.3 Å². The predicted octanol–water partition coefficient (Wildman–Crippen LogP) is 3.10. The second-order valence-corrected chi connectivity index (χ2v) is 7.14. The van der Waals surface area contributed by atoms with Crippen LogP contribution in [0.5, 0.6) is 5.75 Å². The van der Waals surface area contributed by atoms with Crippen LogP contribution in [0.15, 0.2) is 23.2 Å². The van der Waals surface area contributed by atoms with Gasteiger partial charge in [0, 0.05) is 18.1 Å². The fourth-order valence-corrected chi connectivity index (χ4v) is 3.78. The number of ether oxygens (including phenoxy) is 1. The maximum Gasteiger partial charge on any atom is 0.119 e. The van der Waals surface area contributed by atoms with Gasteiger partial charge in [0.2, 0.25) is 0 Å². The summed E-state index contributed by atoms with van der Waals surface area (Å²) in [5.74, 6) is 1.54. The van der Waals surface area contributed by atoms with E-state index in [4.69, 9.17) is 9.73 Å². The molecule has 3 rings (SSSR count). The van der Waals surface area contributed by atoms with Crippen LogP contribution in [0.4, 0.5) is 0 Å². The van der Waals surface area contributed by atoms with Crippen molar-refractivity contribution < 1.29 is 4.74 Å². The molecule has 2 aliphatic rings. The zero-order valence-corrected chi connectivity index (χ0v) is 15.3. The molecular weight excluding hydrogens is 298 g/mol. The number of likely N-dealkylation sites (tertiary alicyclic amines) is 1. The van der Waals surface area contributed by atoms with Crippen molar-refractivity contribution in [2.45, 2.75) is 45.2 Å². The standard InChI is InChI=1S/C20H31N3O/c1-4-5-10-21-19-14-16-13-17(24-3)6-7-18(16)20(22-19)15-8-11-23(2)12-9-15/h6-7,13,15,19,21H,4-5,8-12,14H2,1-3H3/t19-/m1/s1. The van der Waals surface area contributed by atoms with Crippen LogP contribution in [0, 0.1) is 5.92 Å². The van der Waals surface area contributed by atoms with E-state index in [0.29, 0.717) is 5.92 Å². The fourth-order valence-electron chi connectivity index (χ4n) is 3.78. The second-order valence-electron chi connectivity index (χ2n) is 7.14. The van der Waals surface area contributed by atoms with Crippen LogP contribution in [0.1, 0.15) is 43.7 Å². The number of hydrogen-bond acceptors (Lipinski definition) is 4. The Morgan fingerprint density at radius 1 is 1.29 bits per heavy atom. The van der Waals surface area contributed by atoms with Crippen LogP contribution in [0.3, 0.4) is 0 Å². The van der Waals surface area contributed by atoms with Gasteiger partial charge in [-0.15, -0.1) is 0 Å². The van der Waals surface area contributed by atoms with E-state index in [0.717, 1.165) is 18.7 Å². The van der Waals surface area contributed by atoms with Crippen LogP contribution in [0.25, 0.3) is 0 Å². The largest absolute Gasteiger partial charge is 0.497 e. The molecule has 0 aromatic heterocycles. The molecule has 24 heavy (non-hydrogen) atoms. The topological polar surface area (TPSA) is 36.9 Å². The van der Waals surface area contributed by atoms with E-state index in [2.05, 4.69) is 42.4 Å². The first-order valence-corrected chi connectivity index (χ1v) is 9.38. The summed E-state index contributed by atoms with van der Waals surface area (Å²) < 4.78 is 5.44. The van der Waals surface area contributed by atoms with Crippen molar-refractivity contribution in [1.29, 1.82) is 0 Å². The minimum Gasteiger partial charge on any atom is -0.497 e. The molecule has 0 spiro atoms. The molecule has 0 amide bonds. The third-order valence-electron chi connectivity index (χ3n) is 5.31. The summed E-state index contributed by atoms with van der Waals surface area (Å²) in [6, 6.07) is 6.50. The van der Waals surface area contributed by atoms with E-state index in [-0.39, 0.29) is 6.17 Å². The lowest BCUT2D eigenvalue weighted by Gasteiger charge is -2.33. The minimum atomic E-state index is 0.214. The molecule has 2 heterocycles. The van der Waals surface area contributed by atoms with E-state index >= 15 is 0 Å². The van der Waals surface area contributed by atoms with E-state index in [1.165, 1.54) is 55.6 Å². The SMILES string of the molecule is CCCCN[C@H]1Cc2cc(OC)ccc2C(C2CCN(C)CC2)=N1. The second kappa shape index (κ2) is 8.13. The number of piperidine rings is 1. The predicted molar refractivity (Wildman–Crippen MR) is 100 cm³/mol. The zero-order valence-electron chi connectivity index (χ0n) is 15.3. The van der Waals surface area contributed by atoms with Gasteiger partial charge in [-0.05, 0) is 75.3 Å². The molecule has 0 unspecified atom stereocenters. The summed E-state index contributed by atoms with van der Waals surface area (Å²) in [4.78, 5) is 7.57. The van der Waals surface area contributed by atoms with Crippen molar-refractivity contribution >= 4 is 5.71 Å². The highest BCUT2D eigenvalue weighted by Crippen LogP contribution is 2.30. The molecule has 0 saturated carbocycles. The van der Waals surface area contributed by atoms with Crippen molar-refractivity contribution in [3.8, 4) is 5.75 Å². The van der Waals surface area contributed by atoms with Crippen LogP contribution >= 0.6 is 0 Å². The number of methoxy groups -OCH3 is 1. The highest BCUT2D eigenvalue weighted by Gasteiger charge is 2.28. The molecule has 0 bridgehead atoms. The fraction of sp³-hybridized carbons (Fsp3) is 0.650. The molecule has 1 saturated heterocycles. The number of rotatable bonds is 6. The van der Waals surface area contributed by atoms with Gasteiger partial charge in [0.15, 0.2) is 0 Å². The van der Waals surface area contributed by atoms with Gasteiger partial charge in [-0.25, -0.2) is 0 Å². The van der Waals surface area contributed by atoms with Gasteiger partial charge in [0.1, 0.15) is 11.9 Å². The zero-order chi connectivity index (χ0) is 16.9. The summed E-state index contributed by atoms with van der Waals surface area (Å²) in [6.45, 7) is 5.62. The third-order valence-corrected chi connectivity index (χ3v) is 5.31. The Labute approximate surface area is 146 Å². The van der Waals surface area contributed by atoms with Crippen LogP contribution in [-0.2, 0) is 6.42 Å². The van der Waals surface area contributed by atoms with Gasteiger partial charge in [-0.3, -0.25) is 10.3 Å². The van der Waals surface area contributed by atoms with E-state index < -0.39 is 0 Å². The number of hydrogen-bond donors (Lipinski definition) is 1. The summed E-state index contributed by atoms with van der Waals surface area (Å²) in [5, 5.41) is 3.64. The normalized spacial score (nSPS) is 22.1. The molecule has 0 radical (unpaired) electrons. The number of benzene rings is 1. The number of aliphatic imine (C=N–C) groups is 1. The van der Waals surface area contributed by atoms with Crippen molar-refractivity contribution in [3.05, 3.63) is 29.3 Å². The van der Waals surface area contributed by atoms with Crippen molar-refractivity contribution in [1.82, 2.24) is 10.2 Å². The first-order chi connectivity index (χ1) is 11.7. The maximum atomic E-state index is 5.44. The first-order valence-electron chi connectivity index (χ1n) is 9.38. The molecule has 1 atom stereocenters. The van der Waals surface area contributed by atoms with E-state index in [9.17, 15) is 0 Å². The van der Waals surface area contributed by atoms with E-state index in [1.54, 1.807) is 7.11 Å². The molecule has 1 fully saturated rings.